The molecule has 0 heterocycles. The van der Waals surface area contributed by atoms with Crippen LogP contribution in [-0.4, -0.2) is 30.1 Å². The second-order valence-corrected chi connectivity index (χ2v) is 3.70. The molecule has 0 aromatic heterocycles. The molecule has 0 fully saturated rings. The van der Waals surface area contributed by atoms with Crippen LogP contribution in [0.4, 0.5) is 15.8 Å². The van der Waals surface area contributed by atoms with Crippen LogP contribution >= 0.6 is 0 Å². The van der Waals surface area contributed by atoms with E-state index in [0.717, 1.165) is 12.1 Å². The predicted octanol–water partition coefficient (Wildman–Crippen LogP) is 0.652. The number of hydrogen-bond acceptors (Lipinski definition) is 4. The van der Waals surface area contributed by atoms with Crippen LogP contribution in [0.25, 0.3) is 0 Å². The Hall–Kier alpha value is -2.31. The van der Waals surface area contributed by atoms with E-state index in [9.17, 15) is 14.0 Å². The molecule has 0 radical (unpaired) electrons. The number of rotatable bonds is 4. The van der Waals surface area contributed by atoms with Crippen molar-refractivity contribution < 1.29 is 19.1 Å². The number of carboxylic acid groups (broad SMARTS) is 1. The van der Waals surface area contributed by atoms with Crippen LogP contribution in [0.2, 0.25) is 0 Å². The number of nitrogens with two attached hydrogens (primary N) is 1. The monoisotopic (exact) mass is 255 g/mol. The Labute approximate surface area is 103 Å². The fraction of sp³-hybridized carbons (Fsp3) is 0.273. The first-order chi connectivity index (χ1) is 8.36. The summed E-state index contributed by atoms with van der Waals surface area (Å²) >= 11 is 0. The molecule has 1 unspecified atom stereocenters. The summed E-state index contributed by atoms with van der Waals surface area (Å²) in [4.78, 5) is 22.0. The number of halogens is 1. The number of carboxylic acids is 1. The molecule has 0 saturated heterocycles. The third kappa shape index (κ3) is 2.88. The number of nitrogen functional groups attached to an aromatic ring is 1. The van der Waals surface area contributed by atoms with Crippen LogP contribution in [0.5, 0.6) is 0 Å². The summed E-state index contributed by atoms with van der Waals surface area (Å²) in [6, 6.07) is 1.35. The molecule has 0 aliphatic rings. The van der Waals surface area contributed by atoms with Crippen molar-refractivity contribution in [2.45, 2.75) is 13.0 Å². The van der Waals surface area contributed by atoms with Crippen molar-refractivity contribution in [3.8, 4) is 0 Å². The third-order valence-corrected chi connectivity index (χ3v) is 2.38. The molecule has 6 nitrogen and oxygen atoms in total. The van der Waals surface area contributed by atoms with Crippen molar-refractivity contribution in [1.82, 2.24) is 5.32 Å². The van der Waals surface area contributed by atoms with E-state index in [1.807, 2.05) is 0 Å². The van der Waals surface area contributed by atoms with Gasteiger partial charge in [-0.05, 0) is 19.1 Å². The minimum absolute atomic E-state index is 0.0598. The van der Waals surface area contributed by atoms with E-state index in [1.165, 1.54) is 7.05 Å². The molecule has 18 heavy (non-hydrogen) atoms. The Morgan fingerprint density at radius 1 is 1.44 bits per heavy atom. The maximum atomic E-state index is 13.4. The van der Waals surface area contributed by atoms with Gasteiger partial charge in [-0.25, -0.2) is 9.18 Å². The van der Waals surface area contributed by atoms with Gasteiger partial charge in [-0.2, -0.15) is 0 Å². The Balaban J connectivity index is 3.02. The summed E-state index contributed by atoms with van der Waals surface area (Å²) in [6.07, 6.45) is 0. The SMILES string of the molecule is CNC(=O)C(C)Nc1cc(F)c(C(=O)O)cc1N. The van der Waals surface area contributed by atoms with Gasteiger partial charge in [0.15, 0.2) is 0 Å². The average molecular weight is 255 g/mol. The van der Waals surface area contributed by atoms with Gasteiger partial charge in [-0.1, -0.05) is 0 Å². The number of benzene rings is 1. The molecule has 0 spiro atoms. The minimum Gasteiger partial charge on any atom is -0.478 e. The first kappa shape index (κ1) is 13.8. The number of anilines is 2. The van der Waals surface area contributed by atoms with Crippen molar-refractivity contribution in [1.29, 1.82) is 0 Å². The predicted molar refractivity (Wildman–Crippen MR) is 64.9 cm³/mol. The number of likely N-dealkylation sites (N-methyl/N-ethyl adjacent to an activating group) is 1. The highest BCUT2D eigenvalue weighted by Gasteiger charge is 2.16. The number of hydrogen-bond donors (Lipinski definition) is 4. The highest BCUT2D eigenvalue weighted by molar-refractivity contribution is 5.91. The van der Waals surface area contributed by atoms with Crippen molar-refractivity contribution >= 4 is 23.3 Å². The van der Waals surface area contributed by atoms with Gasteiger partial charge >= 0.3 is 5.97 Å². The zero-order chi connectivity index (χ0) is 13.9. The van der Waals surface area contributed by atoms with E-state index in [4.69, 9.17) is 10.8 Å². The molecule has 1 aromatic rings. The van der Waals surface area contributed by atoms with Gasteiger partial charge in [-0.15, -0.1) is 0 Å². The van der Waals surface area contributed by atoms with Crippen LogP contribution in [-0.2, 0) is 4.79 Å². The van der Waals surface area contributed by atoms with Crippen molar-refractivity contribution in [3.63, 3.8) is 0 Å². The van der Waals surface area contributed by atoms with Crippen molar-refractivity contribution in [2.24, 2.45) is 0 Å². The van der Waals surface area contributed by atoms with Crippen LogP contribution in [0.15, 0.2) is 12.1 Å². The van der Waals surface area contributed by atoms with Gasteiger partial charge in [0.2, 0.25) is 5.91 Å². The number of carbonyl (C=O) groups is 2. The Kier molecular flexibility index (Phi) is 4.09. The molecule has 98 valence electrons. The number of amides is 1. The highest BCUT2D eigenvalue weighted by atomic mass is 19.1. The minimum atomic E-state index is -1.40. The van der Waals surface area contributed by atoms with Gasteiger partial charge in [-0.3, -0.25) is 4.79 Å². The summed E-state index contributed by atoms with van der Waals surface area (Å²) in [5.41, 5.74) is 5.32. The summed E-state index contributed by atoms with van der Waals surface area (Å²) < 4.78 is 13.4. The molecule has 0 saturated carbocycles. The number of aromatic carboxylic acids is 1. The fourth-order valence-corrected chi connectivity index (χ4v) is 1.39. The summed E-state index contributed by atoms with van der Waals surface area (Å²) in [6.45, 7) is 1.57. The lowest BCUT2D eigenvalue weighted by Gasteiger charge is -2.16. The number of nitrogens with one attached hydrogen (secondary N) is 2. The summed E-state index contributed by atoms with van der Waals surface area (Å²) in [7, 11) is 1.47. The van der Waals surface area contributed by atoms with Crippen LogP contribution in [0.3, 0.4) is 0 Å². The smallest absolute Gasteiger partial charge is 0.338 e. The Morgan fingerprint density at radius 3 is 2.56 bits per heavy atom. The zero-order valence-electron chi connectivity index (χ0n) is 9.95. The van der Waals surface area contributed by atoms with E-state index in [1.54, 1.807) is 6.92 Å². The molecule has 1 rings (SSSR count). The average Bonchev–Trinajstić information content (AvgIpc) is 2.31. The van der Waals surface area contributed by atoms with Crippen LogP contribution < -0.4 is 16.4 Å². The van der Waals surface area contributed by atoms with Crippen molar-refractivity contribution in [3.05, 3.63) is 23.5 Å². The van der Waals surface area contributed by atoms with Gasteiger partial charge in [0.05, 0.1) is 16.9 Å². The molecule has 7 heteroatoms. The lowest BCUT2D eigenvalue weighted by atomic mass is 10.1. The van der Waals surface area contributed by atoms with Gasteiger partial charge in [0, 0.05) is 7.05 Å². The molecule has 0 aliphatic heterocycles. The topological polar surface area (TPSA) is 104 Å². The Morgan fingerprint density at radius 2 is 2.06 bits per heavy atom. The molecule has 0 aliphatic carbocycles. The first-order valence-corrected chi connectivity index (χ1v) is 5.17. The highest BCUT2D eigenvalue weighted by Crippen LogP contribution is 2.23. The molecular weight excluding hydrogens is 241 g/mol. The first-order valence-electron chi connectivity index (χ1n) is 5.17. The zero-order valence-corrected chi connectivity index (χ0v) is 9.95. The van der Waals surface area contributed by atoms with E-state index >= 15 is 0 Å². The maximum Gasteiger partial charge on any atom is 0.338 e. The molecule has 1 aromatic carbocycles. The quantitative estimate of drug-likeness (QED) is 0.591. The van der Waals surface area contributed by atoms with E-state index in [0.29, 0.717) is 0 Å². The fourth-order valence-electron chi connectivity index (χ4n) is 1.39. The van der Waals surface area contributed by atoms with Gasteiger partial charge < -0.3 is 21.5 Å². The second-order valence-electron chi connectivity index (χ2n) is 3.70. The lowest BCUT2D eigenvalue weighted by molar-refractivity contribution is -0.121. The standard InChI is InChI=1S/C11H14FN3O3/c1-5(10(16)14-2)15-9-4-7(12)6(11(17)18)3-8(9)13/h3-5,15H,13H2,1-2H3,(H,14,16)(H,17,18). The largest absolute Gasteiger partial charge is 0.478 e. The normalized spacial score (nSPS) is 11.7. The molecule has 5 N–H and O–H groups in total. The van der Waals surface area contributed by atoms with Crippen molar-refractivity contribution in [2.75, 3.05) is 18.1 Å². The van der Waals surface area contributed by atoms with Crippen LogP contribution in [0, 0.1) is 5.82 Å². The molecule has 1 amide bonds. The molecular formula is C11H14FN3O3. The van der Waals surface area contributed by atoms with Gasteiger partial charge in [0.25, 0.3) is 0 Å². The molecule has 0 bridgehead atoms. The lowest BCUT2D eigenvalue weighted by Crippen LogP contribution is -2.35. The number of carbonyl (C=O) groups excluding carboxylic acids is 1. The second kappa shape index (κ2) is 5.35. The van der Waals surface area contributed by atoms with Crippen LogP contribution in [0.1, 0.15) is 17.3 Å². The van der Waals surface area contributed by atoms with E-state index < -0.39 is 23.4 Å². The van der Waals surface area contributed by atoms with E-state index in [-0.39, 0.29) is 17.3 Å². The van der Waals surface area contributed by atoms with Gasteiger partial charge in [0.1, 0.15) is 11.9 Å². The maximum absolute atomic E-state index is 13.4. The molecule has 1 atom stereocenters. The Bertz CT molecular complexity index is 491. The summed E-state index contributed by atoms with van der Waals surface area (Å²) in [5.74, 6) is -2.61. The third-order valence-electron chi connectivity index (χ3n) is 2.38. The summed E-state index contributed by atoms with van der Waals surface area (Å²) in [5, 5.41) is 13.8. The van der Waals surface area contributed by atoms with E-state index in [2.05, 4.69) is 10.6 Å².